The average molecular weight is 478 g/mol. The number of nitrogens with zero attached hydrogens (tertiary/aromatic N) is 3. The Labute approximate surface area is 200 Å². The first-order valence-electron chi connectivity index (χ1n) is 11.7. The molecule has 0 aromatic heterocycles. The summed E-state index contributed by atoms with van der Waals surface area (Å²) in [5, 5.41) is 14.0. The molecular formula is C24H35N3O7. The van der Waals surface area contributed by atoms with Crippen LogP contribution in [-0.2, 0) is 35.1 Å². The first-order valence-corrected chi connectivity index (χ1v) is 11.7. The van der Waals surface area contributed by atoms with E-state index in [4.69, 9.17) is 29.2 Å². The molecule has 2 heterocycles. The Morgan fingerprint density at radius 2 is 1.79 bits per heavy atom. The second-order valence-corrected chi connectivity index (χ2v) is 9.21. The number of azide groups is 1. The Bertz CT molecular complexity index is 850. The lowest BCUT2D eigenvalue weighted by Crippen LogP contribution is -2.58. The predicted octanol–water partition coefficient (Wildman–Crippen LogP) is 3.57. The molecule has 34 heavy (non-hydrogen) atoms. The van der Waals surface area contributed by atoms with Gasteiger partial charge in [-0.1, -0.05) is 56.2 Å². The van der Waals surface area contributed by atoms with Crippen LogP contribution >= 0.6 is 0 Å². The minimum atomic E-state index is -1.34. The van der Waals surface area contributed by atoms with Gasteiger partial charge in [0.05, 0.1) is 31.0 Å². The van der Waals surface area contributed by atoms with E-state index >= 15 is 0 Å². The van der Waals surface area contributed by atoms with Gasteiger partial charge < -0.3 is 28.8 Å². The lowest BCUT2D eigenvalue weighted by Gasteiger charge is -2.48. The summed E-state index contributed by atoms with van der Waals surface area (Å²) in [6.07, 6.45) is -3.64. The third kappa shape index (κ3) is 6.27. The van der Waals surface area contributed by atoms with E-state index in [-0.39, 0.29) is 30.7 Å². The molecule has 10 atom stereocenters. The Morgan fingerprint density at radius 3 is 2.44 bits per heavy atom. The topological polar surface area (TPSA) is 132 Å². The third-order valence-corrected chi connectivity index (χ3v) is 6.80. The van der Waals surface area contributed by atoms with Crippen molar-refractivity contribution in [2.75, 3.05) is 6.61 Å². The van der Waals surface area contributed by atoms with Crippen molar-refractivity contribution in [2.24, 2.45) is 22.9 Å². The standard InChI is InChI=1S/C24H35N3O7/c1-13-16(4)32-24(15(3)21(13)31-11-18-9-7-6-8-10-18)34-22-14(2)20(26-27-25)23(29)33-19(22)12-30-17(5)28/h6-10,13-16,19-24,29H,11-12H2,1-5H3/t13-,14-,15?,16?,19?,20?,21-,22+,23?,24+/m1/s1. The number of ether oxygens (including phenoxy) is 5. The molecule has 10 heteroatoms. The summed E-state index contributed by atoms with van der Waals surface area (Å²) < 4.78 is 29.7. The van der Waals surface area contributed by atoms with Crippen molar-refractivity contribution in [3.8, 4) is 0 Å². The quantitative estimate of drug-likeness (QED) is 0.262. The van der Waals surface area contributed by atoms with Gasteiger partial charge in [-0.05, 0) is 23.9 Å². The van der Waals surface area contributed by atoms with Crippen LogP contribution in [0.15, 0.2) is 35.4 Å². The van der Waals surface area contributed by atoms with E-state index in [9.17, 15) is 9.90 Å². The van der Waals surface area contributed by atoms with Gasteiger partial charge in [0, 0.05) is 23.7 Å². The van der Waals surface area contributed by atoms with Crippen molar-refractivity contribution >= 4 is 5.97 Å². The van der Waals surface area contributed by atoms with E-state index in [1.807, 2.05) is 44.2 Å². The zero-order valence-corrected chi connectivity index (χ0v) is 20.3. The van der Waals surface area contributed by atoms with E-state index in [0.29, 0.717) is 6.61 Å². The zero-order chi connectivity index (χ0) is 24.8. The van der Waals surface area contributed by atoms with Crippen LogP contribution in [0.1, 0.15) is 40.2 Å². The number of aliphatic hydroxyl groups is 1. The summed E-state index contributed by atoms with van der Waals surface area (Å²) in [7, 11) is 0. The minimum Gasteiger partial charge on any atom is -0.463 e. The van der Waals surface area contributed by atoms with Crippen LogP contribution in [0.3, 0.4) is 0 Å². The van der Waals surface area contributed by atoms with Crippen molar-refractivity contribution < 1.29 is 33.6 Å². The lowest BCUT2D eigenvalue weighted by molar-refractivity contribution is -0.320. The molecule has 0 radical (unpaired) electrons. The van der Waals surface area contributed by atoms with Crippen LogP contribution < -0.4 is 0 Å². The highest BCUT2D eigenvalue weighted by Gasteiger charge is 2.48. The largest absolute Gasteiger partial charge is 0.463 e. The molecular weight excluding hydrogens is 442 g/mol. The first-order chi connectivity index (χ1) is 16.2. The molecule has 1 aromatic carbocycles. The summed E-state index contributed by atoms with van der Waals surface area (Å²) in [5.41, 5.74) is 10.0. The fraction of sp³-hybridized carbons (Fsp3) is 0.708. The van der Waals surface area contributed by atoms with Gasteiger partial charge in [0.15, 0.2) is 12.6 Å². The molecule has 188 valence electrons. The molecule has 2 aliphatic heterocycles. The predicted molar refractivity (Wildman–Crippen MR) is 122 cm³/mol. The number of hydrogen-bond donors (Lipinski definition) is 1. The van der Waals surface area contributed by atoms with E-state index in [1.165, 1.54) is 6.92 Å². The molecule has 5 unspecified atom stereocenters. The Hall–Kier alpha value is -2.20. The van der Waals surface area contributed by atoms with Crippen molar-refractivity contribution in [1.82, 2.24) is 0 Å². The minimum absolute atomic E-state index is 0.106. The molecule has 0 bridgehead atoms. The van der Waals surface area contributed by atoms with Crippen molar-refractivity contribution in [3.05, 3.63) is 46.3 Å². The molecule has 0 saturated carbocycles. The number of hydrogen-bond acceptors (Lipinski definition) is 8. The Balaban J connectivity index is 1.76. The molecule has 0 amide bonds. The normalized spacial score (nSPS) is 38.1. The van der Waals surface area contributed by atoms with Gasteiger partial charge in [-0.15, -0.1) is 0 Å². The fourth-order valence-electron chi connectivity index (χ4n) is 4.64. The van der Waals surface area contributed by atoms with Crippen LogP contribution in [0.5, 0.6) is 0 Å². The summed E-state index contributed by atoms with van der Waals surface area (Å²) in [6, 6.07) is 9.11. The average Bonchev–Trinajstić information content (AvgIpc) is 2.81. The number of rotatable bonds is 8. The molecule has 0 spiro atoms. The highest BCUT2D eigenvalue weighted by Crippen LogP contribution is 2.37. The van der Waals surface area contributed by atoms with Gasteiger partial charge in [-0.2, -0.15) is 0 Å². The van der Waals surface area contributed by atoms with Crippen molar-refractivity contribution in [2.45, 2.75) is 84.3 Å². The molecule has 1 aromatic rings. The van der Waals surface area contributed by atoms with Crippen LogP contribution in [0, 0.1) is 17.8 Å². The van der Waals surface area contributed by atoms with Gasteiger partial charge in [-0.25, -0.2) is 0 Å². The highest BCUT2D eigenvalue weighted by atomic mass is 16.7. The fourth-order valence-corrected chi connectivity index (χ4v) is 4.64. The molecule has 10 nitrogen and oxygen atoms in total. The lowest BCUT2D eigenvalue weighted by atomic mass is 9.85. The van der Waals surface area contributed by atoms with Crippen LogP contribution in [0.2, 0.25) is 0 Å². The van der Waals surface area contributed by atoms with Crippen molar-refractivity contribution in [1.29, 1.82) is 0 Å². The Morgan fingerprint density at radius 1 is 1.09 bits per heavy atom. The number of carbonyl (C=O) groups is 1. The summed E-state index contributed by atoms with van der Waals surface area (Å²) in [4.78, 5) is 14.2. The van der Waals surface area contributed by atoms with E-state index in [1.54, 1.807) is 6.92 Å². The smallest absolute Gasteiger partial charge is 0.302 e. The molecule has 2 aliphatic rings. The maximum absolute atomic E-state index is 11.4. The van der Waals surface area contributed by atoms with Gasteiger partial charge in [0.25, 0.3) is 0 Å². The number of carbonyl (C=O) groups excluding carboxylic acids is 1. The number of benzene rings is 1. The Kier molecular flexibility index (Phi) is 9.30. The number of aliphatic hydroxyl groups excluding tert-OH is 1. The number of esters is 1. The third-order valence-electron chi connectivity index (χ3n) is 6.80. The second-order valence-electron chi connectivity index (χ2n) is 9.21. The first kappa shape index (κ1) is 26.4. The van der Waals surface area contributed by atoms with Crippen LogP contribution in [0.4, 0.5) is 0 Å². The van der Waals surface area contributed by atoms with E-state index in [2.05, 4.69) is 16.9 Å². The second kappa shape index (κ2) is 12.0. The summed E-state index contributed by atoms with van der Waals surface area (Å²) in [6.45, 7) is 9.56. The van der Waals surface area contributed by atoms with E-state index < -0.39 is 42.7 Å². The summed E-state index contributed by atoms with van der Waals surface area (Å²) in [5.74, 6) is -0.885. The maximum atomic E-state index is 11.4. The monoisotopic (exact) mass is 477 g/mol. The molecule has 2 fully saturated rings. The zero-order valence-electron chi connectivity index (χ0n) is 20.3. The maximum Gasteiger partial charge on any atom is 0.302 e. The molecule has 2 saturated heterocycles. The highest BCUT2D eigenvalue weighted by molar-refractivity contribution is 5.65. The molecule has 0 aliphatic carbocycles. The SMILES string of the molecule is CC(=O)OCC1OC(O)C(N=[N+]=[N-])[C@@H](C)[C@@H]1O[C@@H]1OC(C)[C@@H](C)[C@@H](OCc2ccccc2)C1C. The molecule has 1 N–H and O–H groups in total. The summed E-state index contributed by atoms with van der Waals surface area (Å²) >= 11 is 0. The van der Waals surface area contributed by atoms with E-state index in [0.717, 1.165) is 5.56 Å². The van der Waals surface area contributed by atoms with Gasteiger partial charge >= 0.3 is 5.97 Å². The molecule has 3 rings (SSSR count). The van der Waals surface area contributed by atoms with Gasteiger partial charge in [-0.3, -0.25) is 4.79 Å². The van der Waals surface area contributed by atoms with Gasteiger partial charge in [0.1, 0.15) is 12.7 Å². The van der Waals surface area contributed by atoms with Crippen LogP contribution in [-0.4, -0.2) is 60.7 Å². The van der Waals surface area contributed by atoms with Crippen LogP contribution in [0.25, 0.3) is 10.4 Å². The van der Waals surface area contributed by atoms with Crippen molar-refractivity contribution in [3.63, 3.8) is 0 Å². The van der Waals surface area contributed by atoms with Gasteiger partial charge in [0.2, 0.25) is 0 Å².